The third-order valence-corrected chi connectivity index (χ3v) is 7.88. The Bertz CT molecular complexity index is 1260. The molecule has 2 amide bonds. The van der Waals surface area contributed by atoms with Gasteiger partial charge in [0.1, 0.15) is 6.04 Å². The maximum Gasteiger partial charge on any atom is 0.245 e. The van der Waals surface area contributed by atoms with Crippen LogP contribution in [0.25, 0.3) is 10.9 Å². The third kappa shape index (κ3) is 6.27. The summed E-state index contributed by atoms with van der Waals surface area (Å²) in [5.41, 5.74) is 8.96. The van der Waals surface area contributed by atoms with Gasteiger partial charge in [-0.3, -0.25) is 9.59 Å². The molecule has 5 rings (SSSR count). The van der Waals surface area contributed by atoms with Gasteiger partial charge in [0.2, 0.25) is 11.8 Å². The minimum absolute atomic E-state index is 0.0924. The average Bonchev–Trinajstić information content (AvgIpc) is 3.41. The highest BCUT2D eigenvalue weighted by Crippen LogP contribution is 2.30. The Morgan fingerprint density at radius 3 is 2.62 bits per heavy atom. The van der Waals surface area contributed by atoms with E-state index in [9.17, 15) is 9.59 Å². The maximum atomic E-state index is 13.9. The molecule has 2 saturated heterocycles. The van der Waals surface area contributed by atoms with Gasteiger partial charge < -0.3 is 35.3 Å². The number of amides is 2. The summed E-state index contributed by atoms with van der Waals surface area (Å²) < 4.78 is 11.3. The summed E-state index contributed by atoms with van der Waals surface area (Å²) in [5.74, 6) is -0.749. The number of carbonyl (C=O) groups excluding carboxylic acids is 2. The highest BCUT2D eigenvalue weighted by molar-refractivity contribution is 5.91. The van der Waals surface area contributed by atoms with Gasteiger partial charge in [-0.2, -0.15) is 0 Å². The number of rotatable bonds is 8. The van der Waals surface area contributed by atoms with Gasteiger partial charge in [0.05, 0.1) is 31.7 Å². The number of aromatic nitrogens is 1. The fraction of sp³-hybridized carbons (Fsp3) is 0.467. The zero-order valence-corrected chi connectivity index (χ0v) is 22.7. The summed E-state index contributed by atoms with van der Waals surface area (Å²) in [7, 11) is 1.72. The van der Waals surface area contributed by atoms with E-state index in [0.29, 0.717) is 19.8 Å². The number of hydrogen-bond donors (Lipinski definition) is 3. The number of hydrogen-bond acceptors (Lipinski definition) is 6. The van der Waals surface area contributed by atoms with Crippen molar-refractivity contribution >= 4 is 28.4 Å². The number of para-hydroxylation sites is 2. The lowest BCUT2D eigenvalue weighted by atomic mass is 9.90. The van der Waals surface area contributed by atoms with Crippen molar-refractivity contribution in [3.8, 4) is 0 Å². The van der Waals surface area contributed by atoms with E-state index in [2.05, 4.69) is 27.3 Å². The first-order valence-corrected chi connectivity index (χ1v) is 13.8. The lowest BCUT2D eigenvalue weighted by Crippen LogP contribution is -2.55. The van der Waals surface area contributed by atoms with Crippen LogP contribution in [0.5, 0.6) is 0 Å². The van der Waals surface area contributed by atoms with E-state index in [1.54, 1.807) is 11.9 Å². The van der Waals surface area contributed by atoms with E-state index in [1.807, 2.05) is 55.6 Å². The average molecular weight is 534 g/mol. The number of nitrogens with zero attached hydrogens (tertiary/aromatic N) is 2. The number of carbonyl (C=O) groups is 2. The van der Waals surface area contributed by atoms with E-state index < -0.39 is 12.3 Å². The van der Waals surface area contributed by atoms with Crippen LogP contribution >= 0.6 is 0 Å². The van der Waals surface area contributed by atoms with Crippen molar-refractivity contribution in [3.05, 3.63) is 66.4 Å². The lowest BCUT2D eigenvalue weighted by molar-refractivity contribution is -0.193. The summed E-state index contributed by atoms with van der Waals surface area (Å²) in [5, 5.41) is 4.21. The molecular formula is C30H39N5O4. The summed E-state index contributed by atoms with van der Waals surface area (Å²) >= 11 is 0. The molecule has 2 aliphatic rings. The molecule has 208 valence electrons. The first kappa shape index (κ1) is 27.2. The highest BCUT2D eigenvalue weighted by Gasteiger charge is 2.36. The quantitative estimate of drug-likeness (QED) is 0.411. The Balaban J connectivity index is 1.34. The molecule has 0 aliphatic carbocycles. The second kappa shape index (κ2) is 12.2. The van der Waals surface area contributed by atoms with Gasteiger partial charge in [-0.05, 0) is 36.6 Å². The Kier molecular flexibility index (Phi) is 8.50. The molecule has 0 radical (unpaired) electrons. The fourth-order valence-corrected chi connectivity index (χ4v) is 5.60. The largest absolute Gasteiger partial charge is 0.371 e. The van der Waals surface area contributed by atoms with Crippen LogP contribution in [0.4, 0.5) is 5.69 Å². The molecule has 1 aromatic heterocycles. The third-order valence-electron chi connectivity index (χ3n) is 7.88. The number of nitrogens with one attached hydrogen (secondary N) is 2. The molecule has 3 heterocycles. The Morgan fingerprint density at radius 2 is 1.85 bits per heavy atom. The normalized spacial score (nSPS) is 23.3. The number of nitrogens with two attached hydrogens (primary N) is 1. The van der Waals surface area contributed by atoms with Crippen LogP contribution in [0.1, 0.15) is 31.2 Å². The van der Waals surface area contributed by atoms with Gasteiger partial charge in [0, 0.05) is 48.8 Å². The zero-order chi connectivity index (χ0) is 27.4. The second-order valence-corrected chi connectivity index (χ2v) is 10.8. The number of anilines is 1. The fourth-order valence-electron chi connectivity index (χ4n) is 5.60. The van der Waals surface area contributed by atoms with Gasteiger partial charge in [-0.15, -0.1) is 0 Å². The predicted molar refractivity (Wildman–Crippen MR) is 151 cm³/mol. The minimum Gasteiger partial charge on any atom is -0.371 e. The van der Waals surface area contributed by atoms with Crippen molar-refractivity contribution in [2.45, 2.75) is 44.1 Å². The number of aromatic amines is 1. The molecule has 0 saturated carbocycles. The molecular weight excluding hydrogens is 494 g/mol. The van der Waals surface area contributed by atoms with Crippen LogP contribution in [-0.2, 0) is 19.1 Å². The van der Waals surface area contributed by atoms with Crippen LogP contribution in [0.2, 0.25) is 0 Å². The van der Waals surface area contributed by atoms with Crippen molar-refractivity contribution in [1.29, 1.82) is 0 Å². The van der Waals surface area contributed by atoms with E-state index >= 15 is 0 Å². The highest BCUT2D eigenvalue weighted by atomic mass is 16.7. The van der Waals surface area contributed by atoms with Gasteiger partial charge in [0.15, 0.2) is 6.29 Å². The monoisotopic (exact) mass is 533 g/mol. The molecule has 2 aliphatic heterocycles. The van der Waals surface area contributed by atoms with Crippen LogP contribution < -0.4 is 16.0 Å². The van der Waals surface area contributed by atoms with Crippen molar-refractivity contribution in [1.82, 2.24) is 15.2 Å². The van der Waals surface area contributed by atoms with Gasteiger partial charge in [-0.1, -0.05) is 43.3 Å². The van der Waals surface area contributed by atoms with Crippen LogP contribution in [0.3, 0.4) is 0 Å². The Morgan fingerprint density at radius 1 is 1.13 bits per heavy atom. The number of fused-ring (bicyclic) bond motifs is 1. The number of ether oxygens (including phenoxy) is 2. The summed E-state index contributed by atoms with van der Waals surface area (Å²) in [6.45, 7) is 4.56. The zero-order valence-electron chi connectivity index (χ0n) is 22.7. The summed E-state index contributed by atoms with van der Waals surface area (Å²) in [4.78, 5) is 34.8. The topological polar surface area (TPSA) is 113 Å². The molecule has 2 fully saturated rings. The molecule has 0 bridgehead atoms. The van der Waals surface area contributed by atoms with Crippen molar-refractivity contribution < 1.29 is 19.1 Å². The van der Waals surface area contributed by atoms with Crippen LogP contribution in [0, 0.1) is 5.92 Å². The van der Waals surface area contributed by atoms with Gasteiger partial charge in [-0.25, -0.2) is 0 Å². The van der Waals surface area contributed by atoms with Crippen molar-refractivity contribution in [2.24, 2.45) is 11.7 Å². The first-order chi connectivity index (χ1) is 18.9. The smallest absolute Gasteiger partial charge is 0.245 e. The molecule has 0 spiro atoms. The first-order valence-electron chi connectivity index (χ1n) is 13.8. The molecule has 9 heteroatoms. The van der Waals surface area contributed by atoms with Gasteiger partial charge in [0.25, 0.3) is 0 Å². The Labute approximate surface area is 229 Å². The lowest BCUT2D eigenvalue weighted by Gasteiger charge is -2.36. The SMILES string of the molecule is C[C@@H](c1c[nH]c2ccccc12)C(NC(=O)C1CCCN(c2ccccc2)C1)C(=O)N(C)CC1OCC(N)CO1. The second-order valence-electron chi connectivity index (χ2n) is 10.8. The van der Waals surface area contributed by atoms with Crippen LogP contribution in [-0.4, -0.2) is 80.0 Å². The van der Waals surface area contributed by atoms with E-state index in [4.69, 9.17) is 15.2 Å². The van der Waals surface area contributed by atoms with E-state index in [-0.39, 0.29) is 36.2 Å². The maximum absolute atomic E-state index is 13.9. The van der Waals surface area contributed by atoms with Crippen molar-refractivity contribution in [3.63, 3.8) is 0 Å². The van der Waals surface area contributed by atoms with Crippen LogP contribution in [0.15, 0.2) is 60.8 Å². The number of benzene rings is 2. The van der Waals surface area contributed by atoms with E-state index in [1.165, 1.54) is 0 Å². The summed E-state index contributed by atoms with van der Waals surface area (Å²) in [6, 6.07) is 17.3. The molecule has 2 aromatic carbocycles. The predicted octanol–water partition coefficient (Wildman–Crippen LogP) is 2.83. The number of likely N-dealkylation sites (N-methyl/N-ethyl adjacent to an activating group) is 1. The summed E-state index contributed by atoms with van der Waals surface area (Å²) in [6.07, 6.45) is 3.10. The molecule has 2 unspecified atom stereocenters. The van der Waals surface area contributed by atoms with Gasteiger partial charge >= 0.3 is 0 Å². The molecule has 39 heavy (non-hydrogen) atoms. The molecule has 4 N–H and O–H groups in total. The number of piperidine rings is 1. The number of H-pyrrole nitrogens is 1. The molecule has 3 atom stereocenters. The molecule has 9 nitrogen and oxygen atoms in total. The molecule has 3 aromatic rings. The minimum atomic E-state index is -0.750. The van der Waals surface area contributed by atoms with Crippen molar-refractivity contribution in [2.75, 3.05) is 44.8 Å². The standard InChI is InChI=1S/C30H39N5O4/c1-20(25-15-32-26-13-7-6-12-24(25)26)28(30(37)34(2)17-27-38-18-22(31)19-39-27)33-29(36)21-9-8-14-35(16-21)23-10-4-3-5-11-23/h3-7,10-13,15,20-22,27-28,32H,8-9,14,16-19,31H2,1-2H3,(H,33,36)/t20-,21?,22?,27?,28?/m0/s1. The Hall–Kier alpha value is -3.40. The van der Waals surface area contributed by atoms with E-state index in [0.717, 1.165) is 41.5 Å².